The highest BCUT2D eigenvalue weighted by atomic mass is 16.6. The van der Waals surface area contributed by atoms with Crippen LogP contribution in [0.4, 0.5) is 0 Å². The van der Waals surface area contributed by atoms with E-state index in [-0.39, 0.29) is 44.0 Å². The van der Waals surface area contributed by atoms with Crippen LogP contribution in [-0.4, -0.2) is 37.2 Å². The maximum Gasteiger partial charge on any atom is 0.306 e. The van der Waals surface area contributed by atoms with Crippen molar-refractivity contribution in [3.8, 4) is 0 Å². The van der Waals surface area contributed by atoms with Crippen LogP contribution in [-0.2, 0) is 28.6 Å². The first-order valence-corrected chi connectivity index (χ1v) is 25.6. The van der Waals surface area contributed by atoms with E-state index in [1.165, 1.54) is 83.5 Å². The van der Waals surface area contributed by atoms with Crippen LogP contribution in [0.15, 0.2) is 85.1 Å². The van der Waals surface area contributed by atoms with Gasteiger partial charge in [0.05, 0.1) is 0 Å². The lowest BCUT2D eigenvalue weighted by Crippen LogP contribution is -2.30. The Kier molecular flexibility index (Phi) is 47.5. The number of carbonyl (C=O) groups excluding carboxylic acids is 3. The van der Waals surface area contributed by atoms with E-state index in [1.807, 2.05) is 0 Å². The average Bonchev–Trinajstić information content (AvgIpc) is 3.27. The molecule has 0 heterocycles. The summed E-state index contributed by atoms with van der Waals surface area (Å²) in [6.45, 7) is 6.42. The van der Waals surface area contributed by atoms with Gasteiger partial charge in [-0.25, -0.2) is 0 Å². The van der Waals surface area contributed by atoms with Crippen LogP contribution in [0.1, 0.15) is 233 Å². The van der Waals surface area contributed by atoms with Crippen LogP contribution in [0.2, 0.25) is 0 Å². The molecule has 6 heteroatoms. The van der Waals surface area contributed by atoms with Crippen LogP contribution in [0, 0.1) is 0 Å². The number of allylic oxidation sites excluding steroid dienone is 14. The lowest BCUT2D eigenvalue weighted by Gasteiger charge is -2.18. The van der Waals surface area contributed by atoms with Crippen molar-refractivity contribution in [3.05, 3.63) is 85.1 Å². The van der Waals surface area contributed by atoms with E-state index in [2.05, 4.69) is 106 Å². The zero-order valence-corrected chi connectivity index (χ0v) is 40.4. The van der Waals surface area contributed by atoms with Gasteiger partial charge in [-0.15, -0.1) is 0 Å². The van der Waals surface area contributed by atoms with Crippen LogP contribution in [0.25, 0.3) is 0 Å². The molecule has 0 aromatic rings. The summed E-state index contributed by atoms with van der Waals surface area (Å²) in [5, 5.41) is 0. The molecular formula is C56H94O6. The largest absolute Gasteiger partial charge is 0.462 e. The lowest BCUT2D eigenvalue weighted by atomic mass is 10.1. The first kappa shape index (κ1) is 58.6. The highest BCUT2D eigenvalue weighted by Gasteiger charge is 2.19. The molecule has 0 radical (unpaired) electrons. The summed E-state index contributed by atoms with van der Waals surface area (Å²) >= 11 is 0. The molecule has 0 aromatic heterocycles. The zero-order valence-electron chi connectivity index (χ0n) is 40.4. The topological polar surface area (TPSA) is 78.9 Å². The fourth-order valence-electron chi connectivity index (χ4n) is 6.76. The number of ether oxygens (including phenoxy) is 3. The Hall–Kier alpha value is -3.41. The zero-order chi connectivity index (χ0) is 45.1. The number of hydrogen-bond donors (Lipinski definition) is 0. The van der Waals surface area contributed by atoms with Gasteiger partial charge >= 0.3 is 17.9 Å². The van der Waals surface area contributed by atoms with Crippen LogP contribution < -0.4 is 0 Å². The van der Waals surface area contributed by atoms with Crippen molar-refractivity contribution in [2.24, 2.45) is 0 Å². The van der Waals surface area contributed by atoms with Gasteiger partial charge in [-0.05, 0) is 109 Å². The molecule has 0 bridgehead atoms. The minimum atomic E-state index is -0.814. The Morgan fingerprint density at radius 3 is 1.08 bits per heavy atom. The molecule has 354 valence electrons. The molecule has 0 aliphatic rings. The minimum absolute atomic E-state index is 0.110. The molecule has 0 amide bonds. The third kappa shape index (κ3) is 47.6. The normalized spacial score (nSPS) is 12.8. The molecule has 6 nitrogen and oxygen atoms in total. The van der Waals surface area contributed by atoms with Crippen molar-refractivity contribution in [2.45, 2.75) is 239 Å². The molecular weight excluding hydrogens is 769 g/mol. The molecule has 1 atom stereocenters. The quantitative estimate of drug-likeness (QED) is 0.0263. The summed E-state index contributed by atoms with van der Waals surface area (Å²) in [5.41, 5.74) is 0. The summed E-state index contributed by atoms with van der Waals surface area (Å²) in [6.07, 6.45) is 64.3. The average molecular weight is 863 g/mol. The molecule has 0 saturated carbocycles. The van der Waals surface area contributed by atoms with Crippen molar-refractivity contribution in [3.63, 3.8) is 0 Å². The summed E-state index contributed by atoms with van der Waals surface area (Å²) in [7, 11) is 0. The van der Waals surface area contributed by atoms with E-state index in [9.17, 15) is 14.4 Å². The lowest BCUT2D eigenvalue weighted by molar-refractivity contribution is -0.167. The summed E-state index contributed by atoms with van der Waals surface area (Å²) in [6, 6.07) is 0. The molecule has 0 rings (SSSR count). The van der Waals surface area contributed by atoms with Gasteiger partial charge < -0.3 is 14.2 Å². The van der Waals surface area contributed by atoms with Crippen molar-refractivity contribution in [1.29, 1.82) is 0 Å². The van der Waals surface area contributed by atoms with Gasteiger partial charge in [0.25, 0.3) is 0 Å². The Morgan fingerprint density at radius 1 is 0.339 bits per heavy atom. The number of unbranched alkanes of at least 4 members (excludes halogenated alkanes) is 20. The fourth-order valence-corrected chi connectivity index (χ4v) is 6.76. The fraction of sp³-hybridized carbons (Fsp3) is 0.696. The SMILES string of the molecule is CC/C=C\C/C=C\C/C=C\CCCCCCC(=O)OC(COC(=O)CCC/C=C\C/C=C\C/C=C\CCCCCCCC)COC(=O)CCCCC/C=C\CCCCCCCC. The van der Waals surface area contributed by atoms with E-state index in [0.29, 0.717) is 12.8 Å². The highest BCUT2D eigenvalue weighted by molar-refractivity contribution is 5.71. The molecule has 0 saturated heterocycles. The van der Waals surface area contributed by atoms with Gasteiger partial charge in [0.2, 0.25) is 0 Å². The van der Waals surface area contributed by atoms with Crippen LogP contribution in [0.5, 0.6) is 0 Å². The van der Waals surface area contributed by atoms with E-state index in [1.54, 1.807) is 0 Å². The van der Waals surface area contributed by atoms with E-state index >= 15 is 0 Å². The molecule has 0 N–H and O–H groups in total. The molecule has 0 spiro atoms. The first-order chi connectivity index (χ1) is 30.5. The summed E-state index contributed by atoms with van der Waals surface area (Å²) in [5.74, 6) is -1.00. The van der Waals surface area contributed by atoms with Crippen LogP contribution in [0.3, 0.4) is 0 Å². The van der Waals surface area contributed by atoms with Gasteiger partial charge in [0.1, 0.15) is 13.2 Å². The number of rotatable bonds is 45. The number of hydrogen-bond acceptors (Lipinski definition) is 6. The van der Waals surface area contributed by atoms with Gasteiger partial charge in [-0.1, -0.05) is 189 Å². The monoisotopic (exact) mass is 863 g/mol. The Bertz CT molecular complexity index is 1220. The van der Waals surface area contributed by atoms with Gasteiger partial charge in [0.15, 0.2) is 6.10 Å². The summed E-state index contributed by atoms with van der Waals surface area (Å²) < 4.78 is 16.7. The molecule has 0 fully saturated rings. The molecule has 0 aliphatic heterocycles. The third-order valence-electron chi connectivity index (χ3n) is 10.6. The number of carbonyl (C=O) groups is 3. The van der Waals surface area contributed by atoms with Gasteiger partial charge in [-0.2, -0.15) is 0 Å². The second kappa shape index (κ2) is 50.2. The van der Waals surface area contributed by atoms with Crippen molar-refractivity contribution in [2.75, 3.05) is 13.2 Å². The number of esters is 3. The third-order valence-corrected chi connectivity index (χ3v) is 10.6. The predicted molar refractivity (Wildman–Crippen MR) is 265 cm³/mol. The van der Waals surface area contributed by atoms with E-state index in [0.717, 1.165) is 103 Å². The smallest absolute Gasteiger partial charge is 0.306 e. The second-order valence-corrected chi connectivity index (χ2v) is 16.7. The van der Waals surface area contributed by atoms with Crippen molar-refractivity contribution >= 4 is 17.9 Å². The Labute approximate surface area is 382 Å². The van der Waals surface area contributed by atoms with Crippen molar-refractivity contribution < 1.29 is 28.6 Å². The van der Waals surface area contributed by atoms with Gasteiger partial charge in [0, 0.05) is 19.3 Å². The maximum atomic E-state index is 12.8. The molecule has 62 heavy (non-hydrogen) atoms. The minimum Gasteiger partial charge on any atom is -0.462 e. The molecule has 0 aromatic carbocycles. The molecule has 0 aliphatic carbocycles. The Morgan fingerprint density at radius 2 is 0.645 bits per heavy atom. The predicted octanol–water partition coefficient (Wildman–Crippen LogP) is 16.8. The second-order valence-electron chi connectivity index (χ2n) is 16.7. The van der Waals surface area contributed by atoms with Gasteiger partial charge in [-0.3, -0.25) is 14.4 Å². The van der Waals surface area contributed by atoms with E-state index in [4.69, 9.17) is 14.2 Å². The highest BCUT2D eigenvalue weighted by Crippen LogP contribution is 2.12. The van der Waals surface area contributed by atoms with Crippen LogP contribution >= 0.6 is 0 Å². The first-order valence-electron chi connectivity index (χ1n) is 25.6. The maximum absolute atomic E-state index is 12.8. The van der Waals surface area contributed by atoms with E-state index < -0.39 is 6.10 Å². The summed E-state index contributed by atoms with van der Waals surface area (Å²) in [4.78, 5) is 37.9. The Balaban J connectivity index is 4.52. The molecule has 1 unspecified atom stereocenters. The van der Waals surface area contributed by atoms with Crippen molar-refractivity contribution in [1.82, 2.24) is 0 Å². The standard InChI is InChI=1S/C56H94O6/c1-4-7-10-13-16-19-22-25-27-28-29-32-34-37-40-43-46-49-55(58)61-52-53(51-60-54(57)48-45-42-39-36-33-30-24-21-18-15-12-9-6-3)62-56(59)50-47-44-41-38-35-31-26-23-20-17-14-11-8-5-2/h8,11,17,20,25-27,29-33,37,40,53H,4-7,9-10,12-16,18-19,21-24,28,34-36,38-39,41-52H2,1-3H3/b11-8-,20-17-,27-25-,31-26-,32-29-,33-30-,40-37-.